The van der Waals surface area contributed by atoms with E-state index in [1.807, 2.05) is 35.9 Å². The summed E-state index contributed by atoms with van der Waals surface area (Å²) in [6, 6.07) is 120. The minimum absolute atomic E-state index is 0.352. The van der Waals surface area contributed by atoms with E-state index in [1.54, 1.807) is 12.3 Å². The Balaban J connectivity index is 0.000000136. The Hall–Kier alpha value is -14.5. The van der Waals surface area contributed by atoms with E-state index in [0.29, 0.717) is 5.56 Å². The van der Waals surface area contributed by atoms with Gasteiger partial charge in [0.25, 0.3) is 0 Å². The molecule has 0 bridgehead atoms. The fourth-order valence-corrected chi connectivity index (χ4v) is 17.3. The molecule has 0 fully saturated rings. The van der Waals surface area contributed by atoms with Crippen molar-refractivity contribution in [3.05, 3.63) is 466 Å². The molecule has 6 heterocycles. The zero-order valence-electron chi connectivity index (χ0n) is 83.0. The van der Waals surface area contributed by atoms with Crippen LogP contribution in [0.15, 0.2) is 377 Å². The molecule has 0 saturated carbocycles. The number of rotatable bonds is 12. The summed E-state index contributed by atoms with van der Waals surface area (Å²) >= 11 is 0. The normalized spacial score (nSPS) is 11.1. The molecule has 0 aliphatic carbocycles. The second-order valence-corrected chi connectivity index (χ2v) is 35.0. The van der Waals surface area contributed by atoms with Crippen LogP contribution >= 0.6 is 0 Å². The summed E-state index contributed by atoms with van der Waals surface area (Å²) in [7, 11) is 12.5. The van der Waals surface area contributed by atoms with Crippen LogP contribution in [0.2, 0.25) is 0 Å². The minimum atomic E-state index is -2.09. The van der Waals surface area contributed by atoms with Crippen LogP contribution in [0.4, 0.5) is 0 Å². The molecule has 130 heavy (non-hydrogen) atoms. The topological polar surface area (TPSA) is 23.3 Å². The smallest absolute Gasteiger partial charge is 0.201 e. The number of nitrogens with zero attached hydrogens (tertiary/aromatic N) is 6. The molecule has 6 heteroatoms. The Morgan fingerprint density at radius 1 is 0.154 bits per heavy atom. The second-order valence-electron chi connectivity index (χ2n) is 35.0. The third-order valence-electron chi connectivity index (χ3n) is 24.9. The van der Waals surface area contributed by atoms with Gasteiger partial charge in [0.1, 0.15) is 42.3 Å². The van der Waals surface area contributed by atoms with Gasteiger partial charge in [0.05, 0.1) is 0 Å². The van der Waals surface area contributed by atoms with Crippen molar-refractivity contribution >= 4 is 0 Å². The van der Waals surface area contributed by atoms with Gasteiger partial charge in [-0.05, 0) is 299 Å². The molecule has 0 aliphatic heterocycles. The second kappa shape index (κ2) is 42.9. The molecule has 6 aromatic heterocycles. The lowest BCUT2D eigenvalue weighted by molar-refractivity contribution is -0.660. The number of pyridine rings is 6. The first-order valence-corrected chi connectivity index (χ1v) is 45.1. The molecule has 0 aliphatic rings. The highest BCUT2D eigenvalue weighted by molar-refractivity contribution is 5.81. The largest absolute Gasteiger partial charge is 0.212 e. The minimum Gasteiger partial charge on any atom is -0.201 e. The molecular formula is C124H128N6+6. The molecule has 18 aromatic rings. The number of hydrogen-bond donors (Lipinski definition) is 0. The Bertz CT molecular complexity index is 7130. The summed E-state index contributed by atoms with van der Waals surface area (Å²) < 4.78 is 35.6. The van der Waals surface area contributed by atoms with E-state index in [-0.39, 0.29) is 0 Å². The van der Waals surface area contributed by atoms with Crippen LogP contribution in [0.5, 0.6) is 0 Å². The fraction of sp³-hybridized carbons (Fsp3) is 0.177. The van der Waals surface area contributed by atoms with E-state index in [0.717, 1.165) is 22.4 Å². The van der Waals surface area contributed by atoms with Gasteiger partial charge >= 0.3 is 0 Å². The summed E-state index contributed by atoms with van der Waals surface area (Å²) in [5.74, 6) is 0. The molecule has 0 unspecified atom stereocenters. The molecule has 0 N–H and O–H groups in total. The van der Waals surface area contributed by atoms with Crippen LogP contribution in [-0.4, -0.2) is 0 Å². The molecular weight excluding hydrogens is 1570 g/mol. The Morgan fingerprint density at radius 3 is 0.700 bits per heavy atom. The molecule has 648 valence electrons. The van der Waals surface area contributed by atoms with Gasteiger partial charge in [0.15, 0.2) is 37.2 Å². The standard InChI is InChI=1S/C22H24N.2C21H22N.3C20H20N/c1-15-12-22(23(5)14-18(15)4)21-13-20(16(2)11-17(21)3)19-9-7-6-8-10-19;1-15-10-11-19(18-8-6-5-7-9-18)13-20(15)21-12-16(2)17(3)14-22(21)4;1-15-10-11-21(22(4)14-15)20-13-19(16(2)12-17(20)3)18-8-6-5-7-9-18;1-15-13-16(2)19(20-11-7-8-12-21(20)3)14-18(15)17-9-5-4-6-10-17;2*1-15-9-12-20(21(3)14-15)19-13-18(11-10-16(19)2)17-7-5-4-6-8-17/h6-14H,1-5H3;2*5-14H,1-4H3;3*4-14H,1-3H3/q6*+1/i;;;;1D3;. The average Bonchev–Trinajstić information content (AvgIpc) is 0.884. The molecule has 0 spiro atoms. The SMILES string of the molecule is Cc1cc(-c2cc(-c3ccccc3)c(C)cc2C)[n+](C)cc1C.Cc1cc(-c2cc(-c3ccccc3)ccc2C)[n+](C)cc1C.Cc1cc(C)c(-c2cccc[n+]2C)cc1-c1ccccc1.Cc1ccc(-c2cc(-c3ccccc3)c(C)cc2C)[n+](C)c1.Cc1ccc(-c2cc(-c3ccccc3)ccc2C)[n+](C)c1.[2H]C([2H])([2H])c1ccc(-c2cc(-c3ccccc3)ccc2C)[n+](C)c1. The van der Waals surface area contributed by atoms with Crippen molar-refractivity contribution in [1.29, 1.82) is 0 Å². The van der Waals surface area contributed by atoms with E-state index in [4.69, 9.17) is 4.11 Å². The number of benzene rings is 12. The zero-order valence-corrected chi connectivity index (χ0v) is 80.0. The lowest BCUT2D eigenvalue weighted by Gasteiger charge is -2.12. The first-order chi connectivity index (χ1) is 63.8. The molecule has 18 rings (SSSR count). The summed E-state index contributed by atoms with van der Waals surface area (Å²) in [6.45, 7) is 30.4. The van der Waals surface area contributed by atoms with Crippen molar-refractivity contribution in [3.63, 3.8) is 0 Å². The zero-order chi connectivity index (χ0) is 94.9. The van der Waals surface area contributed by atoms with Crippen molar-refractivity contribution in [1.82, 2.24) is 0 Å². The Morgan fingerprint density at radius 2 is 0.400 bits per heavy atom. The van der Waals surface area contributed by atoms with Crippen LogP contribution in [0, 0.1) is 111 Å². The van der Waals surface area contributed by atoms with Gasteiger partial charge in [0.2, 0.25) is 34.2 Å². The third-order valence-corrected chi connectivity index (χ3v) is 24.9. The van der Waals surface area contributed by atoms with Crippen molar-refractivity contribution in [3.8, 4) is 134 Å². The van der Waals surface area contributed by atoms with Gasteiger partial charge in [0, 0.05) is 108 Å². The van der Waals surface area contributed by atoms with Gasteiger partial charge < -0.3 is 0 Å². The van der Waals surface area contributed by atoms with Crippen molar-refractivity contribution in [2.75, 3.05) is 0 Å². The fourth-order valence-electron chi connectivity index (χ4n) is 17.3. The Kier molecular flexibility index (Phi) is 29.3. The van der Waals surface area contributed by atoms with Crippen molar-refractivity contribution in [2.45, 2.75) is 111 Å². The predicted octanol–water partition coefficient (Wildman–Crippen LogP) is 28.0. The maximum absolute atomic E-state index is 7.55. The van der Waals surface area contributed by atoms with E-state index in [2.05, 4.69) is 502 Å². The summed E-state index contributed by atoms with van der Waals surface area (Å²) in [5, 5.41) is 0. The van der Waals surface area contributed by atoms with E-state index in [9.17, 15) is 0 Å². The van der Waals surface area contributed by atoms with Gasteiger partial charge in [-0.15, -0.1) is 0 Å². The van der Waals surface area contributed by atoms with Gasteiger partial charge in [-0.1, -0.05) is 237 Å². The van der Waals surface area contributed by atoms with E-state index in [1.165, 1.54) is 195 Å². The molecule has 0 amide bonds. The molecule has 0 atom stereocenters. The molecule has 6 nitrogen and oxygen atoms in total. The van der Waals surface area contributed by atoms with Crippen LogP contribution in [-0.2, 0) is 42.3 Å². The first kappa shape index (κ1) is 89.0. The lowest BCUT2D eigenvalue weighted by atomic mass is 9.93. The number of hydrogen-bond acceptors (Lipinski definition) is 0. The van der Waals surface area contributed by atoms with Gasteiger partial charge in [-0.25, -0.2) is 27.4 Å². The van der Waals surface area contributed by atoms with E-state index < -0.39 is 6.85 Å². The summed E-state index contributed by atoms with van der Waals surface area (Å²) in [6.07, 6.45) is 12.6. The first-order valence-electron chi connectivity index (χ1n) is 46.6. The quantitative estimate of drug-likeness (QED) is 0.109. The predicted molar refractivity (Wildman–Crippen MR) is 547 cm³/mol. The number of aromatic nitrogens is 6. The van der Waals surface area contributed by atoms with Crippen LogP contribution in [0.3, 0.4) is 0 Å². The highest BCUT2D eigenvalue weighted by Crippen LogP contribution is 2.37. The highest BCUT2D eigenvalue weighted by Gasteiger charge is 2.23. The summed E-state index contributed by atoms with van der Waals surface area (Å²) in [5.41, 5.74) is 49.9. The highest BCUT2D eigenvalue weighted by atomic mass is 14.9. The maximum atomic E-state index is 7.55. The van der Waals surface area contributed by atoms with Crippen molar-refractivity contribution in [2.24, 2.45) is 42.3 Å². The number of aryl methyl sites for hydroxylation is 22. The van der Waals surface area contributed by atoms with E-state index >= 15 is 0 Å². The lowest BCUT2D eigenvalue weighted by Crippen LogP contribution is -2.31. The molecule has 12 aromatic carbocycles. The van der Waals surface area contributed by atoms with Crippen LogP contribution in [0.25, 0.3) is 134 Å². The average molecular weight is 1710 g/mol. The van der Waals surface area contributed by atoms with Crippen LogP contribution in [0.1, 0.15) is 93.1 Å². The molecule has 0 radical (unpaired) electrons. The summed E-state index contributed by atoms with van der Waals surface area (Å²) in [4.78, 5) is 0. The van der Waals surface area contributed by atoms with Gasteiger partial charge in [-0.2, -0.15) is 0 Å². The van der Waals surface area contributed by atoms with Crippen molar-refractivity contribution < 1.29 is 31.5 Å². The maximum Gasteiger partial charge on any atom is 0.212 e. The van der Waals surface area contributed by atoms with Crippen LogP contribution < -0.4 is 27.4 Å². The third kappa shape index (κ3) is 22.9. The Labute approximate surface area is 779 Å². The molecule has 0 saturated heterocycles. The van der Waals surface area contributed by atoms with Gasteiger partial charge in [-0.3, -0.25) is 0 Å². The monoisotopic (exact) mass is 1700 g/mol.